The smallest absolute Gasteiger partial charge is 0.0623 e. The van der Waals surface area contributed by atoms with Crippen LogP contribution in [0.4, 0.5) is 0 Å². The second-order valence-electron chi connectivity index (χ2n) is 5.23. The van der Waals surface area contributed by atoms with Crippen LogP contribution < -0.4 is 5.32 Å². The molecule has 1 heterocycles. The summed E-state index contributed by atoms with van der Waals surface area (Å²) in [6.07, 6.45) is 2.17. The van der Waals surface area contributed by atoms with Crippen LogP contribution >= 0.6 is 11.3 Å². The first kappa shape index (κ1) is 14.7. The van der Waals surface area contributed by atoms with Gasteiger partial charge in [0, 0.05) is 22.9 Å². The number of aryl methyl sites for hydroxylation is 2. The molecule has 1 N–H and O–H groups in total. The minimum atomic E-state index is -0.0313. The van der Waals surface area contributed by atoms with Gasteiger partial charge in [-0.1, -0.05) is 0 Å². The summed E-state index contributed by atoms with van der Waals surface area (Å²) in [6.45, 7) is 8.66. The van der Waals surface area contributed by atoms with E-state index in [0.717, 1.165) is 12.8 Å². The molecule has 1 rings (SSSR count). The fraction of sp³-hybridized carbons (Fsp3) is 0.714. The molecular weight excluding hydrogens is 230 g/mol. The van der Waals surface area contributed by atoms with E-state index < -0.39 is 0 Å². The van der Waals surface area contributed by atoms with E-state index in [9.17, 15) is 0 Å². The molecular formula is C14H25NOS. The Labute approximate surface area is 109 Å². The molecule has 0 aliphatic heterocycles. The first-order valence-electron chi connectivity index (χ1n) is 6.19. The Bertz CT molecular complexity index is 338. The molecule has 1 aromatic heterocycles. The van der Waals surface area contributed by atoms with E-state index in [0.29, 0.717) is 6.04 Å². The van der Waals surface area contributed by atoms with Gasteiger partial charge in [0.1, 0.15) is 0 Å². The van der Waals surface area contributed by atoms with Gasteiger partial charge in [0.05, 0.1) is 5.60 Å². The van der Waals surface area contributed by atoms with Crippen LogP contribution in [-0.2, 0) is 4.74 Å². The van der Waals surface area contributed by atoms with Crippen molar-refractivity contribution in [2.45, 2.75) is 52.2 Å². The van der Waals surface area contributed by atoms with Crippen molar-refractivity contribution in [3.8, 4) is 0 Å². The van der Waals surface area contributed by atoms with Crippen molar-refractivity contribution in [2.75, 3.05) is 14.2 Å². The predicted molar refractivity (Wildman–Crippen MR) is 75.9 cm³/mol. The molecule has 0 radical (unpaired) electrons. The van der Waals surface area contributed by atoms with Gasteiger partial charge < -0.3 is 10.1 Å². The van der Waals surface area contributed by atoms with Gasteiger partial charge in [-0.3, -0.25) is 0 Å². The summed E-state index contributed by atoms with van der Waals surface area (Å²) >= 11 is 1.90. The summed E-state index contributed by atoms with van der Waals surface area (Å²) < 4.78 is 5.47. The fourth-order valence-electron chi connectivity index (χ4n) is 1.80. The molecule has 1 unspecified atom stereocenters. The average Bonchev–Trinajstić information content (AvgIpc) is 2.60. The van der Waals surface area contributed by atoms with Crippen LogP contribution in [0.25, 0.3) is 0 Å². The summed E-state index contributed by atoms with van der Waals surface area (Å²) in [4.78, 5) is 2.86. The first-order valence-corrected chi connectivity index (χ1v) is 7.00. The Morgan fingerprint density at radius 2 is 2.06 bits per heavy atom. The summed E-state index contributed by atoms with van der Waals surface area (Å²) in [6, 6.07) is 2.75. The maximum Gasteiger partial charge on any atom is 0.0623 e. The zero-order valence-electron chi connectivity index (χ0n) is 11.9. The van der Waals surface area contributed by atoms with Gasteiger partial charge in [0.15, 0.2) is 0 Å². The number of nitrogens with one attached hydrogen (secondary N) is 1. The number of methoxy groups -OCH3 is 1. The lowest BCUT2D eigenvalue weighted by atomic mass is 9.98. The maximum absolute atomic E-state index is 5.47. The van der Waals surface area contributed by atoms with Crippen LogP contribution in [0.15, 0.2) is 6.07 Å². The molecule has 17 heavy (non-hydrogen) atoms. The van der Waals surface area contributed by atoms with E-state index >= 15 is 0 Å². The Morgan fingerprint density at radius 1 is 1.41 bits per heavy atom. The Hall–Kier alpha value is -0.380. The second-order valence-corrected chi connectivity index (χ2v) is 6.52. The van der Waals surface area contributed by atoms with Crippen molar-refractivity contribution >= 4 is 11.3 Å². The molecule has 98 valence electrons. The van der Waals surface area contributed by atoms with Crippen molar-refractivity contribution in [1.29, 1.82) is 0 Å². The van der Waals surface area contributed by atoms with Crippen LogP contribution in [-0.4, -0.2) is 19.8 Å². The Balaban J connectivity index is 2.66. The van der Waals surface area contributed by atoms with Crippen LogP contribution in [0.2, 0.25) is 0 Å². The van der Waals surface area contributed by atoms with Gasteiger partial charge in [-0.05, 0) is 59.2 Å². The largest absolute Gasteiger partial charge is 0.379 e. The van der Waals surface area contributed by atoms with Crippen LogP contribution in [0.3, 0.4) is 0 Å². The number of hydrogen-bond acceptors (Lipinski definition) is 3. The lowest BCUT2D eigenvalue weighted by Gasteiger charge is -2.25. The van der Waals surface area contributed by atoms with E-state index in [1.165, 1.54) is 15.3 Å². The van der Waals surface area contributed by atoms with Gasteiger partial charge >= 0.3 is 0 Å². The standard InChI is InChI=1S/C14H25NOS/c1-10-9-13(17-11(10)2)12(15-5)7-8-14(3,4)16-6/h9,12,15H,7-8H2,1-6H3. The topological polar surface area (TPSA) is 21.3 Å². The Morgan fingerprint density at radius 3 is 2.47 bits per heavy atom. The van der Waals surface area contributed by atoms with Gasteiger partial charge in [-0.2, -0.15) is 0 Å². The monoisotopic (exact) mass is 255 g/mol. The zero-order chi connectivity index (χ0) is 13.1. The highest BCUT2D eigenvalue weighted by molar-refractivity contribution is 7.12. The van der Waals surface area contributed by atoms with E-state index in [1.807, 2.05) is 18.4 Å². The number of ether oxygens (including phenoxy) is 1. The third-order valence-corrected chi connectivity index (χ3v) is 4.73. The third kappa shape index (κ3) is 4.09. The van der Waals surface area contributed by atoms with Crippen molar-refractivity contribution < 1.29 is 4.74 Å². The normalized spacial score (nSPS) is 14.0. The number of rotatable bonds is 6. The van der Waals surface area contributed by atoms with Gasteiger partial charge in [-0.25, -0.2) is 0 Å². The second kappa shape index (κ2) is 5.98. The van der Waals surface area contributed by atoms with Gasteiger partial charge in [-0.15, -0.1) is 11.3 Å². The first-order chi connectivity index (χ1) is 7.89. The molecule has 0 bridgehead atoms. The summed E-state index contributed by atoms with van der Waals surface area (Å²) in [5, 5.41) is 3.41. The van der Waals surface area contributed by atoms with E-state index in [1.54, 1.807) is 7.11 Å². The van der Waals surface area contributed by atoms with E-state index in [2.05, 4.69) is 39.1 Å². The molecule has 2 nitrogen and oxygen atoms in total. The average molecular weight is 255 g/mol. The van der Waals surface area contributed by atoms with Crippen molar-refractivity contribution in [1.82, 2.24) is 5.32 Å². The van der Waals surface area contributed by atoms with Crippen molar-refractivity contribution in [3.63, 3.8) is 0 Å². The molecule has 0 aromatic carbocycles. The summed E-state index contributed by atoms with van der Waals surface area (Å²) in [5.74, 6) is 0. The van der Waals surface area contributed by atoms with Crippen molar-refractivity contribution in [2.24, 2.45) is 0 Å². The molecule has 0 saturated carbocycles. The fourth-order valence-corrected chi connectivity index (χ4v) is 2.98. The number of hydrogen-bond donors (Lipinski definition) is 1. The van der Waals surface area contributed by atoms with Gasteiger partial charge in [0.2, 0.25) is 0 Å². The third-order valence-electron chi connectivity index (χ3n) is 3.46. The molecule has 0 aliphatic rings. The highest BCUT2D eigenvalue weighted by atomic mass is 32.1. The summed E-state index contributed by atoms with van der Waals surface area (Å²) in [7, 11) is 3.82. The molecule has 0 spiro atoms. The molecule has 0 saturated heterocycles. The molecule has 1 aromatic rings. The quantitative estimate of drug-likeness (QED) is 0.834. The highest BCUT2D eigenvalue weighted by Gasteiger charge is 2.20. The number of thiophene rings is 1. The SMILES string of the molecule is CNC(CCC(C)(C)OC)c1cc(C)c(C)s1. The molecule has 0 aliphatic carbocycles. The Kier molecular flexibility index (Phi) is 5.17. The van der Waals surface area contributed by atoms with Crippen molar-refractivity contribution in [3.05, 3.63) is 21.4 Å². The summed E-state index contributed by atoms with van der Waals surface area (Å²) in [5.41, 5.74) is 1.37. The molecule has 3 heteroatoms. The molecule has 0 fully saturated rings. The van der Waals surface area contributed by atoms with Crippen LogP contribution in [0.1, 0.15) is 48.0 Å². The molecule has 1 atom stereocenters. The predicted octanol–water partition coefficient (Wildman–Crippen LogP) is 3.83. The zero-order valence-corrected chi connectivity index (χ0v) is 12.7. The highest BCUT2D eigenvalue weighted by Crippen LogP contribution is 2.30. The van der Waals surface area contributed by atoms with Crippen LogP contribution in [0.5, 0.6) is 0 Å². The minimum absolute atomic E-state index is 0.0313. The maximum atomic E-state index is 5.47. The van der Waals surface area contributed by atoms with E-state index in [-0.39, 0.29) is 5.60 Å². The van der Waals surface area contributed by atoms with E-state index in [4.69, 9.17) is 4.74 Å². The van der Waals surface area contributed by atoms with Crippen LogP contribution in [0, 0.1) is 13.8 Å². The molecule has 0 amide bonds. The van der Waals surface area contributed by atoms with Gasteiger partial charge in [0.25, 0.3) is 0 Å². The lowest BCUT2D eigenvalue weighted by Crippen LogP contribution is -2.25. The minimum Gasteiger partial charge on any atom is -0.379 e. The lowest BCUT2D eigenvalue weighted by molar-refractivity contribution is 0.0119.